The number of rotatable bonds is 10. The standard InChI is InChI=1S/C20H30N4/c1-4-13-24(18(2)3)15-14-23(16-19-9-5-7-11-21-19)17-20-10-6-8-12-22-20/h5-12,18H,4,13-17H2,1-3H3. The first-order valence-electron chi connectivity index (χ1n) is 8.95. The van der Waals surface area contributed by atoms with Crippen LogP contribution in [0.5, 0.6) is 0 Å². The van der Waals surface area contributed by atoms with Gasteiger partial charge in [-0.15, -0.1) is 0 Å². The smallest absolute Gasteiger partial charge is 0.0544 e. The van der Waals surface area contributed by atoms with Crippen LogP contribution >= 0.6 is 0 Å². The molecule has 0 bridgehead atoms. The fourth-order valence-electron chi connectivity index (χ4n) is 2.84. The molecule has 2 heterocycles. The van der Waals surface area contributed by atoms with E-state index in [9.17, 15) is 0 Å². The van der Waals surface area contributed by atoms with E-state index in [-0.39, 0.29) is 0 Å². The second kappa shape index (κ2) is 10.2. The van der Waals surface area contributed by atoms with Crippen molar-refractivity contribution in [2.75, 3.05) is 19.6 Å². The van der Waals surface area contributed by atoms with Crippen molar-refractivity contribution in [1.29, 1.82) is 0 Å². The van der Waals surface area contributed by atoms with E-state index in [0.29, 0.717) is 6.04 Å². The molecule has 4 nitrogen and oxygen atoms in total. The van der Waals surface area contributed by atoms with E-state index in [1.54, 1.807) is 0 Å². The highest BCUT2D eigenvalue weighted by Gasteiger charge is 2.13. The molecule has 0 amide bonds. The molecule has 0 aliphatic carbocycles. The van der Waals surface area contributed by atoms with E-state index in [4.69, 9.17) is 0 Å². The quantitative estimate of drug-likeness (QED) is 0.668. The van der Waals surface area contributed by atoms with Crippen molar-refractivity contribution in [3.05, 3.63) is 60.2 Å². The molecule has 0 spiro atoms. The largest absolute Gasteiger partial charge is 0.300 e. The lowest BCUT2D eigenvalue weighted by Gasteiger charge is -2.29. The first-order chi connectivity index (χ1) is 11.7. The Bertz CT molecular complexity index is 515. The molecular weight excluding hydrogens is 296 g/mol. The zero-order valence-corrected chi connectivity index (χ0v) is 15.2. The fourth-order valence-corrected chi connectivity index (χ4v) is 2.84. The molecule has 0 unspecified atom stereocenters. The maximum Gasteiger partial charge on any atom is 0.0544 e. The van der Waals surface area contributed by atoms with Crippen LogP contribution in [0, 0.1) is 0 Å². The molecule has 0 aliphatic heterocycles. The van der Waals surface area contributed by atoms with Gasteiger partial charge in [0.1, 0.15) is 0 Å². The molecule has 4 heteroatoms. The number of hydrogen-bond acceptors (Lipinski definition) is 4. The van der Waals surface area contributed by atoms with Crippen molar-refractivity contribution in [3.8, 4) is 0 Å². The Morgan fingerprint density at radius 3 is 1.83 bits per heavy atom. The van der Waals surface area contributed by atoms with Crippen molar-refractivity contribution in [1.82, 2.24) is 19.8 Å². The van der Waals surface area contributed by atoms with Crippen LogP contribution in [0.1, 0.15) is 38.6 Å². The normalized spacial score (nSPS) is 11.6. The molecule has 0 fully saturated rings. The minimum atomic E-state index is 0.580. The third kappa shape index (κ3) is 6.38. The number of hydrogen-bond donors (Lipinski definition) is 0. The molecule has 24 heavy (non-hydrogen) atoms. The Balaban J connectivity index is 2.01. The SMILES string of the molecule is CCCN(CCN(Cc1ccccn1)Cc1ccccn1)C(C)C. The Morgan fingerprint density at radius 1 is 0.833 bits per heavy atom. The van der Waals surface area contributed by atoms with Crippen LogP contribution in [0.25, 0.3) is 0 Å². The van der Waals surface area contributed by atoms with E-state index < -0.39 is 0 Å². The lowest BCUT2D eigenvalue weighted by molar-refractivity contribution is 0.165. The predicted octanol–water partition coefficient (Wildman–Crippen LogP) is 3.60. The molecule has 0 saturated heterocycles. The first-order valence-corrected chi connectivity index (χ1v) is 8.95. The van der Waals surface area contributed by atoms with Crippen LogP contribution < -0.4 is 0 Å². The van der Waals surface area contributed by atoms with Gasteiger partial charge >= 0.3 is 0 Å². The Morgan fingerprint density at radius 2 is 1.42 bits per heavy atom. The Hall–Kier alpha value is -1.78. The number of aromatic nitrogens is 2. The first kappa shape index (κ1) is 18.6. The molecule has 0 radical (unpaired) electrons. The van der Waals surface area contributed by atoms with Crippen molar-refractivity contribution >= 4 is 0 Å². The summed E-state index contributed by atoms with van der Waals surface area (Å²) in [4.78, 5) is 14.0. The zero-order valence-electron chi connectivity index (χ0n) is 15.2. The van der Waals surface area contributed by atoms with Crippen LogP contribution in [0.2, 0.25) is 0 Å². The summed E-state index contributed by atoms with van der Waals surface area (Å²) in [6.45, 7) is 11.8. The highest BCUT2D eigenvalue weighted by atomic mass is 15.2. The van der Waals surface area contributed by atoms with E-state index >= 15 is 0 Å². The highest BCUT2D eigenvalue weighted by Crippen LogP contribution is 2.08. The van der Waals surface area contributed by atoms with Gasteiger partial charge in [-0.3, -0.25) is 19.8 Å². The van der Waals surface area contributed by atoms with E-state index in [0.717, 1.165) is 44.1 Å². The molecule has 2 aromatic rings. The third-order valence-electron chi connectivity index (χ3n) is 4.17. The van der Waals surface area contributed by atoms with Gasteiger partial charge in [-0.2, -0.15) is 0 Å². The van der Waals surface area contributed by atoms with E-state index in [1.165, 1.54) is 6.42 Å². The molecule has 0 aromatic carbocycles. The zero-order chi connectivity index (χ0) is 17.2. The average molecular weight is 326 g/mol. The summed E-state index contributed by atoms with van der Waals surface area (Å²) < 4.78 is 0. The average Bonchev–Trinajstić information content (AvgIpc) is 2.60. The summed E-state index contributed by atoms with van der Waals surface area (Å²) in [6.07, 6.45) is 4.93. The van der Waals surface area contributed by atoms with Crippen molar-refractivity contribution < 1.29 is 0 Å². The maximum atomic E-state index is 4.48. The Labute approximate surface area is 146 Å². The topological polar surface area (TPSA) is 32.3 Å². The summed E-state index contributed by atoms with van der Waals surface area (Å²) in [5.41, 5.74) is 2.22. The summed E-state index contributed by atoms with van der Waals surface area (Å²) in [7, 11) is 0. The van der Waals surface area contributed by atoms with Gasteiger partial charge in [0.25, 0.3) is 0 Å². The molecule has 130 valence electrons. The van der Waals surface area contributed by atoms with Gasteiger partial charge in [0.15, 0.2) is 0 Å². The van der Waals surface area contributed by atoms with Crippen LogP contribution in [0.4, 0.5) is 0 Å². The van der Waals surface area contributed by atoms with Crippen LogP contribution in [-0.4, -0.2) is 45.4 Å². The molecule has 0 saturated carbocycles. The molecule has 0 atom stereocenters. The summed E-state index contributed by atoms with van der Waals surface area (Å²) >= 11 is 0. The minimum absolute atomic E-state index is 0.580. The molecule has 2 aromatic heterocycles. The van der Waals surface area contributed by atoms with Gasteiger partial charge in [0.05, 0.1) is 11.4 Å². The van der Waals surface area contributed by atoms with Gasteiger partial charge < -0.3 is 0 Å². The second-order valence-corrected chi connectivity index (χ2v) is 6.48. The second-order valence-electron chi connectivity index (χ2n) is 6.48. The highest BCUT2D eigenvalue weighted by molar-refractivity contribution is 5.06. The molecule has 0 N–H and O–H groups in total. The lowest BCUT2D eigenvalue weighted by atomic mass is 10.2. The predicted molar refractivity (Wildman–Crippen MR) is 99.6 cm³/mol. The van der Waals surface area contributed by atoms with Crippen LogP contribution in [0.15, 0.2) is 48.8 Å². The molecule has 2 rings (SSSR count). The summed E-state index contributed by atoms with van der Waals surface area (Å²) in [6, 6.07) is 12.8. The number of pyridine rings is 2. The van der Waals surface area contributed by atoms with E-state index in [2.05, 4.69) is 64.8 Å². The third-order valence-corrected chi connectivity index (χ3v) is 4.17. The summed E-state index contributed by atoms with van der Waals surface area (Å²) in [5.74, 6) is 0. The monoisotopic (exact) mass is 326 g/mol. The van der Waals surface area contributed by atoms with Crippen molar-refractivity contribution in [2.24, 2.45) is 0 Å². The number of nitrogens with zero attached hydrogens (tertiary/aromatic N) is 4. The molecular formula is C20H30N4. The van der Waals surface area contributed by atoms with E-state index in [1.807, 2.05) is 24.5 Å². The maximum absolute atomic E-state index is 4.48. The van der Waals surface area contributed by atoms with Gasteiger partial charge in [0, 0.05) is 44.6 Å². The van der Waals surface area contributed by atoms with Crippen molar-refractivity contribution in [2.45, 2.75) is 46.3 Å². The van der Waals surface area contributed by atoms with Crippen molar-refractivity contribution in [3.63, 3.8) is 0 Å². The van der Waals surface area contributed by atoms with Gasteiger partial charge in [-0.25, -0.2) is 0 Å². The van der Waals surface area contributed by atoms with Crippen LogP contribution in [0.3, 0.4) is 0 Å². The Kier molecular flexibility index (Phi) is 7.86. The van der Waals surface area contributed by atoms with Crippen LogP contribution in [-0.2, 0) is 13.1 Å². The fraction of sp³-hybridized carbons (Fsp3) is 0.500. The summed E-state index contributed by atoms with van der Waals surface area (Å²) in [5, 5.41) is 0. The van der Waals surface area contributed by atoms with Gasteiger partial charge in [-0.05, 0) is 51.1 Å². The van der Waals surface area contributed by atoms with Gasteiger partial charge in [-0.1, -0.05) is 19.1 Å². The minimum Gasteiger partial charge on any atom is -0.300 e. The van der Waals surface area contributed by atoms with Gasteiger partial charge in [0.2, 0.25) is 0 Å². The lowest BCUT2D eigenvalue weighted by Crippen LogP contribution is -2.39. The molecule has 0 aliphatic rings.